The Morgan fingerprint density at radius 2 is 1.80 bits per heavy atom. The lowest BCUT2D eigenvalue weighted by atomic mass is 9.49. The molecule has 0 radical (unpaired) electrons. The molecule has 3 aromatic rings. The van der Waals surface area contributed by atoms with E-state index in [0.717, 1.165) is 40.5 Å². The molecule has 4 nitrogen and oxygen atoms in total. The molecule has 3 aromatic heterocycles. The Kier molecular flexibility index (Phi) is 2.82. The SMILES string of the molecule is Cc1sc2ncn3nc(CC45CC6CC(CC(C6)C4)C5)nc3c2c1C. The minimum absolute atomic E-state index is 0.492. The molecule has 0 aromatic carbocycles. The Balaban J connectivity index is 1.42. The van der Waals surface area contributed by atoms with Gasteiger partial charge in [-0.25, -0.2) is 14.5 Å². The molecule has 0 spiro atoms. The minimum Gasteiger partial charge on any atom is -0.225 e. The number of hydrogen-bond acceptors (Lipinski definition) is 4. The topological polar surface area (TPSA) is 43.1 Å². The first-order chi connectivity index (χ1) is 12.1. The summed E-state index contributed by atoms with van der Waals surface area (Å²) in [6.07, 6.45) is 11.7. The van der Waals surface area contributed by atoms with Crippen molar-refractivity contribution in [3.8, 4) is 0 Å². The molecule has 5 heteroatoms. The van der Waals surface area contributed by atoms with E-state index in [1.165, 1.54) is 54.4 Å². The number of rotatable bonds is 2. The maximum Gasteiger partial charge on any atom is 0.167 e. The van der Waals surface area contributed by atoms with Crippen LogP contribution in [-0.2, 0) is 6.42 Å². The lowest BCUT2D eigenvalue weighted by molar-refractivity contribution is -0.0531. The number of aromatic nitrogens is 4. The zero-order valence-electron chi connectivity index (χ0n) is 15.0. The summed E-state index contributed by atoms with van der Waals surface area (Å²) < 4.78 is 1.91. The van der Waals surface area contributed by atoms with E-state index in [9.17, 15) is 0 Å². The van der Waals surface area contributed by atoms with Crippen molar-refractivity contribution in [1.82, 2.24) is 19.6 Å². The van der Waals surface area contributed by atoms with Crippen LogP contribution in [0.3, 0.4) is 0 Å². The fourth-order valence-corrected chi connectivity index (χ4v) is 7.60. The fourth-order valence-electron chi connectivity index (χ4n) is 6.61. The molecule has 4 aliphatic rings. The third kappa shape index (κ3) is 2.08. The monoisotopic (exact) mass is 352 g/mol. The number of hydrogen-bond donors (Lipinski definition) is 0. The van der Waals surface area contributed by atoms with Crippen LogP contribution < -0.4 is 0 Å². The maximum atomic E-state index is 5.01. The third-order valence-corrected chi connectivity index (χ3v) is 8.36. The summed E-state index contributed by atoms with van der Waals surface area (Å²) in [5, 5.41) is 6.04. The largest absolute Gasteiger partial charge is 0.225 e. The van der Waals surface area contributed by atoms with Crippen molar-refractivity contribution in [3.05, 3.63) is 22.6 Å². The summed E-state index contributed by atoms with van der Waals surface area (Å²) in [5.74, 6) is 4.00. The quantitative estimate of drug-likeness (QED) is 0.670. The van der Waals surface area contributed by atoms with Crippen LogP contribution in [0.2, 0.25) is 0 Å². The van der Waals surface area contributed by atoms with Gasteiger partial charge in [-0.3, -0.25) is 0 Å². The van der Waals surface area contributed by atoms with Crippen LogP contribution in [0.5, 0.6) is 0 Å². The Labute approximate surface area is 151 Å². The van der Waals surface area contributed by atoms with E-state index in [-0.39, 0.29) is 0 Å². The second kappa shape index (κ2) is 4.81. The molecule has 0 amide bonds. The van der Waals surface area contributed by atoms with Crippen LogP contribution in [-0.4, -0.2) is 19.6 Å². The second-order valence-corrected chi connectivity index (χ2v) is 10.3. The van der Waals surface area contributed by atoms with Gasteiger partial charge in [0.15, 0.2) is 11.5 Å². The molecule has 0 aliphatic heterocycles. The summed E-state index contributed by atoms with van der Waals surface area (Å²) in [6, 6.07) is 0. The van der Waals surface area contributed by atoms with Crippen LogP contribution in [0.25, 0.3) is 15.9 Å². The Morgan fingerprint density at radius 3 is 2.48 bits per heavy atom. The third-order valence-electron chi connectivity index (χ3n) is 7.25. The first kappa shape index (κ1) is 14.7. The highest BCUT2D eigenvalue weighted by atomic mass is 32.1. The Bertz CT molecular complexity index is 963. The number of nitrogens with zero attached hydrogens (tertiary/aromatic N) is 4. The van der Waals surface area contributed by atoms with Gasteiger partial charge in [-0.2, -0.15) is 0 Å². The summed E-state index contributed by atoms with van der Waals surface area (Å²) in [5.41, 5.74) is 2.81. The molecule has 0 unspecified atom stereocenters. The van der Waals surface area contributed by atoms with Crippen molar-refractivity contribution in [3.63, 3.8) is 0 Å². The van der Waals surface area contributed by atoms with Crippen molar-refractivity contribution < 1.29 is 0 Å². The van der Waals surface area contributed by atoms with Gasteiger partial charge in [0.25, 0.3) is 0 Å². The fraction of sp³-hybridized carbons (Fsp3) is 0.650. The molecule has 4 bridgehead atoms. The zero-order chi connectivity index (χ0) is 16.8. The molecule has 7 rings (SSSR count). The van der Waals surface area contributed by atoms with Gasteiger partial charge in [-0.1, -0.05) is 0 Å². The van der Waals surface area contributed by atoms with Crippen LogP contribution in [0.15, 0.2) is 6.33 Å². The van der Waals surface area contributed by atoms with Gasteiger partial charge in [0.05, 0.1) is 5.39 Å². The van der Waals surface area contributed by atoms with Crippen LogP contribution in [0.1, 0.15) is 54.8 Å². The molecule has 130 valence electrons. The first-order valence-corrected chi connectivity index (χ1v) is 10.5. The van der Waals surface area contributed by atoms with Gasteiger partial charge in [0.1, 0.15) is 11.2 Å². The molecule has 25 heavy (non-hydrogen) atoms. The average molecular weight is 353 g/mol. The Morgan fingerprint density at radius 1 is 1.12 bits per heavy atom. The van der Waals surface area contributed by atoms with Gasteiger partial charge < -0.3 is 0 Å². The van der Waals surface area contributed by atoms with Crippen molar-refractivity contribution in [2.24, 2.45) is 23.2 Å². The molecule has 4 saturated carbocycles. The molecule has 0 saturated heterocycles. The van der Waals surface area contributed by atoms with Crippen LogP contribution in [0.4, 0.5) is 0 Å². The average Bonchev–Trinajstić information content (AvgIpc) is 3.06. The molecule has 4 fully saturated rings. The zero-order valence-corrected chi connectivity index (χ0v) is 15.8. The van der Waals surface area contributed by atoms with Crippen molar-refractivity contribution in [1.29, 1.82) is 0 Å². The van der Waals surface area contributed by atoms with Gasteiger partial charge in [0, 0.05) is 11.3 Å². The van der Waals surface area contributed by atoms with Gasteiger partial charge in [-0.05, 0) is 81.1 Å². The highest BCUT2D eigenvalue weighted by Crippen LogP contribution is 2.60. The van der Waals surface area contributed by atoms with Gasteiger partial charge >= 0.3 is 0 Å². The van der Waals surface area contributed by atoms with Crippen molar-refractivity contribution in [2.45, 2.75) is 58.8 Å². The second-order valence-electron chi connectivity index (χ2n) is 9.10. The molecule has 0 atom stereocenters. The predicted molar refractivity (Wildman–Crippen MR) is 99.9 cm³/mol. The maximum absolute atomic E-state index is 5.01. The van der Waals surface area contributed by atoms with Gasteiger partial charge in [-0.15, -0.1) is 16.4 Å². The standard InChI is InChI=1S/C20H24N4S/c1-11-12(2)25-19-17(11)18-22-16(23-24(18)10-21-19)9-20-6-13-3-14(7-20)5-15(4-13)8-20/h10,13-15H,3-9H2,1-2H3. The van der Waals surface area contributed by atoms with E-state index < -0.39 is 0 Å². The lowest BCUT2D eigenvalue weighted by Gasteiger charge is -2.56. The summed E-state index contributed by atoms with van der Waals surface area (Å²) in [4.78, 5) is 12.0. The lowest BCUT2D eigenvalue weighted by Crippen LogP contribution is -2.47. The Hall–Kier alpha value is -1.49. The van der Waals surface area contributed by atoms with E-state index in [0.29, 0.717) is 5.41 Å². The van der Waals surface area contributed by atoms with Crippen molar-refractivity contribution >= 4 is 27.2 Å². The van der Waals surface area contributed by atoms with Crippen LogP contribution in [0, 0.1) is 37.0 Å². The first-order valence-electron chi connectivity index (χ1n) is 9.68. The number of thiophene rings is 1. The van der Waals surface area contributed by atoms with E-state index in [1.807, 2.05) is 10.8 Å². The number of fused-ring (bicyclic) bond motifs is 3. The number of aryl methyl sites for hydroxylation is 2. The summed E-state index contributed by atoms with van der Waals surface area (Å²) in [6.45, 7) is 4.36. The van der Waals surface area contributed by atoms with E-state index in [4.69, 9.17) is 10.1 Å². The molecule has 4 aliphatic carbocycles. The molecule has 3 heterocycles. The highest BCUT2D eigenvalue weighted by Gasteiger charge is 2.51. The predicted octanol–water partition coefficient (Wildman–Crippen LogP) is 4.71. The highest BCUT2D eigenvalue weighted by molar-refractivity contribution is 7.18. The van der Waals surface area contributed by atoms with Crippen LogP contribution >= 0.6 is 11.3 Å². The smallest absolute Gasteiger partial charge is 0.167 e. The minimum atomic E-state index is 0.492. The van der Waals surface area contributed by atoms with Gasteiger partial charge in [0.2, 0.25) is 0 Å². The molecule has 0 N–H and O–H groups in total. The van der Waals surface area contributed by atoms with E-state index in [1.54, 1.807) is 11.3 Å². The summed E-state index contributed by atoms with van der Waals surface area (Å²) in [7, 11) is 0. The van der Waals surface area contributed by atoms with Crippen molar-refractivity contribution in [2.75, 3.05) is 0 Å². The summed E-state index contributed by atoms with van der Waals surface area (Å²) >= 11 is 1.77. The van der Waals surface area contributed by atoms with E-state index in [2.05, 4.69) is 18.8 Å². The molecular weight excluding hydrogens is 328 g/mol. The molecular formula is C20H24N4S. The normalized spacial score (nSPS) is 33.8. The van der Waals surface area contributed by atoms with E-state index >= 15 is 0 Å².